The van der Waals surface area contributed by atoms with Gasteiger partial charge in [-0.2, -0.15) is 9.40 Å². The van der Waals surface area contributed by atoms with Crippen molar-refractivity contribution < 1.29 is 8.42 Å². The van der Waals surface area contributed by atoms with E-state index in [9.17, 15) is 8.42 Å². The van der Waals surface area contributed by atoms with Crippen molar-refractivity contribution in [2.45, 2.75) is 18.4 Å². The largest absolute Gasteiger partial charge is 0.281 e. The maximum atomic E-state index is 12.6. The summed E-state index contributed by atoms with van der Waals surface area (Å²) in [6, 6.07) is 9.43. The van der Waals surface area contributed by atoms with E-state index in [1.54, 1.807) is 6.92 Å². The monoisotopic (exact) mass is 313 g/mol. The summed E-state index contributed by atoms with van der Waals surface area (Å²) in [5.41, 5.74) is 1.44. The number of alkyl halides is 1. The van der Waals surface area contributed by atoms with E-state index in [-0.39, 0.29) is 17.3 Å². The fourth-order valence-electron chi connectivity index (χ4n) is 1.90. The molecular weight excluding hydrogens is 298 g/mol. The molecule has 1 heterocycles. The Kier molecular flexibility index (Phi) is 4.80. The van der Waals surface area contributed by atoms with Crippen molar-refractivity contribution in [3.63, 3.8) is 0 Å². The lowest BCUT2D eigenvalue weighted by Gasteiger charge is -2.21. The van der Waals surface area contributed by atoms with Gasteiger partial charge in [0, 0.05) is 19.0 Å². The number of hydrogen-bond acceptors (Lipinski definition) is 3. The van der Waals surface area contributed by atoms with Gasteiger partial charge in [-0.25, -0.2) is 8.42 Å². The van der Waals surface area contributed by atoms with Crippen molar-refractivity contribution in [2.24, 2.45) is 0 Å². The molecule has 0 aliphatic carbocycles. The molecule has 0 aliphatic heterocycles. The Morgan fingerprint density at radius 2 is 2.00 bits per heavy atom. The van der Waals surface area contributed by atoms with E-state index in [2.05, 4.69) is 10.2 Å². The van der Waals surface area contributed by atoms with Crippen LogP contribution in [0.5, 0.6) is 0 Å². The highest BCUT2D eigenvalue weighted by Gasteiger charge is 2.26. The molecule has 1 aromatic carbocycles. The predicted octanol–water partition coefficient (Wildman–Crippen LogP) is 2.15. The third-order valence-electron chi connectivity index (χ3n) is 2.94. The zero-order valence-electron chi connectivity index (χ0n) is 11.1. The molecule has 0 aliphatic rings. The van der Waals surface area contributed by atoms with Gasteiger partial charge in [0.2, 0.25) is 10.0 Å². The van der Waals surface area contributed by atoms with Crippen molar-refractivity contribution >= 4 is 21.6 Å². The fraction of sp³-hybridized carbons (Fsp3) is 0.308. The van der Waals surface area contributed by atoms with E-state index in [4.69, 9.17) is 11.6 Å². The van der Waals surface area contributed by atoms with Gasteiger partial charge in [-0.15, -0.1) is 11.6 Å². The highest BCUT2D eigenvalue weighted by molar-refractivity contribution is 7.89. The molecule has 2 aromatic rings. The van der Waals surface area contributed by atoms with Crippen LogP contribution < -0.4 is 0 Å². The van der Waals surface area contributed by atoms with Crippen molar-refractivity contribution in [3.8, 4) is 0 Å². The van der Waals surface area contributed by atoms with Gasteiger partial charge in [-0.3, -0.25) is 5.10 Å². The fourth-order valence-corrected chi connectivity index (χ4v) is 3.76. The Balaban J connectivity index is 2.31. The third-order valence-corrected chi connectivity index (χ3v) is 5.07. The van der Waals surface area contributed by atoms with Crippen LogP contribution in [0.2, 0.25) is 0 Å². The van der Waals surface area contributed by atoms with Gasteiger partial charge < -0.3 is 0 Å². The molecule has 0 atom stereocenters. The van der Waals surface area contributed by atoms with Gasteiger partial charge in [-0.05, 0) is 12.5 Å². The summed E-state index contributed by atoms with van der Waals surface area (Å²) in [6.45, 7) is 2.23. The van der Waals surface area contributed by atoms with Crippen molar-refractivity contribution in [2.75, 3.05) is 12.4 Å². The van der Waals surface area contributed by atoms with Crippen LogP contribution in [0.25, 0.3) is 0 Å². The number of aryl methyl sites for hydroxylation is 1. The maximum Gasteiger partial charge on any atom is 0.246 e. The van der Waals surface area contributed by atoms with Gasteiger partial charge >= 0.3 is 0 Å². The van der Waals surface area contributed by atoms with E-state index >= 15 is 0 Å². The zero-order valence-corrected chi connectivity index (χ0v) is 12.7. The zero-order chi connectivity index (χ0) is 14.6. The van der Waals surface area contributed by atoms with Crippen LogP contribution in [0.4, 0.5) is 0 Å². The molecule has 0 bridgehead atoms. The summed E-state index contributed by atoms with van der Waals surface area (Å²) in [7, 11) is -3.59. The summed E-state index contributed by atoms with van der Waals surface area (Å²) in [5, 5.41) is 6.42. The van der Waals surface area contributed by atoms with Gasteiger partial charge in [0.05, 0.1) is 11.9 Å². The van der Waals surface area contributed by atoms with Crippen LogP contribution in [-0.2, 0) is 16.6 Å². The molecule has 20 heavy (non-hydrogen) atoms. The van der Waals surface area contributed by atoms with Crippen molar-refractivity contribution in [3.05, 3.63) is 47.8 Å². The van der Waals surface area contributed by atoms with Crippen LogP contribution in [0.3, 0.4) is 0 Å². The topological polar surface area (TPSA) is 66.1 Å². The third kappa shape index (κ3) is 3.20. The minimum Gasteiger partial charge on any atom is -0.281 e. The maximum absolute atomic E-state index is 12.6. The lowest BCUT2D eigenvalue weighted by molar-refractivity contribution is 0.425. The van der Waals surface area contributed by atoms with Crippen LogP contribution in [0.15, 0.2) is 41.4 Å². The van der Waals surface area contributed by atoms with Gasteiger partial charge in [0.1, 0.15) is 4.90 Å². The molecular formula is C13H16ClN3O2S. The molecule has 0 radical (unpaired) electrons. The summed E-state index contributed by atoms with van der Waals surface area (Å²) in [4.78, 5) is 0.193. The lowest BCUT2D eigenvalue weighted by Crippen LogP contribution is -2.32. The van der Waals surface area contributed by atoms with Gasteiger partial charge in [0.15, 0.2) is 0 Å². The average Bonchev–Trinajstić information content (AvgIpc) is 2.86. The number of benzene rings is 1. The number of nitrogens with one attached hydrogen (secondary N) is 1. The summed E-state index contributed by atoms with van der Waals surface area (Å²) < 4.78 is 26.6. The molecule has 0 saturated heterocycles. The molecule has 0 spiro atoms. The lowest BCUT2D eigenvalue weighted by atomic mass is 10.2. The number of sulfonamides is 1. The van der Waals surface area contributed by atoms with Crippen molar-refractivity contribution in [1.29, 1.82) is 0 Å². The summed E-state index contributed by atoms with van der Waals surface area (Å²) in [5.74, 6) is 0.239. The highest BCUT2D eigenvalue weighted by Crippen LogP contribution is 2.20. The Bertz CT molecular complexity index is 655. The van der Waals surface area contributed by atoms with E-state index < -0.39 is 10.0 Å². The molecule has 108 valence electrons. The molecule has 7 heteroatoms. The highest BCUT2D eigenvalue weighted by atomic mass is 35.5. The van der Waals surface area contributed by atoms with Crippen LogP contribution >= 0.6 is 11.6 Å². The SMILES string of the molecule is Cc1[nH]ncc1S(=O)(=O)N(CCCl)Cc1ccccc1. The second kappa shape index (κ2) is 6.39. The van der Waals surface area contributed by atoms with Crippen LogP contribution in [0.1, 0.15) is 11.3 Å². The number of nitrogens with zero attached hydrogens (tertiary/aromatic N) is 2. The van der Waals surface area contributed by atoms with Gasteiger partial charge in [0.25, 0.3) is 0 Å². The first-order valence-electron chi connectivity index (χ1n) is 6.15. The number of aromatic amines is 1. The molecule has 1 N–H and O–H groups in total. The number of aromatic nitrogens is 2. The van der Waals surface area contributed by atoms with E-state index in [1.165, 1.54) is 10.5 Å². The Morgan fingerprint density at radius 1 is 1.30 bits per heavy atom. The molecule has 0 unspecified atom stereocenters. The Hall–Kier alpha value is -1.37. The molecule has 0 saturated carbocycles. The molecule has 0 amide bonds. The van der Waals surface area contributed by atoms with E-state index in [1.807, 2.05) is 30.3 Å². The first-order valence-corrected chi connectivity index (χ1v) is 8.13. The second-order valence-corrected chi connectivity index (χ2v) is 6.66. The predicted molar refractivity (Wildman–Crippen MR) is 78.1 cm³/mol. The normalized spacial score (nSPS) is 11.9. The van der Waals surface area contributed by atoms with E-state index in [0.29, 0.717) is 12.2 Å². The second-order valence-electron chi connectivity index (χ2n) is 4.37. The number of H-pyrrole nitrogens is 1. The first-order chi connectivity index (χ1) is 9.55. The molecule has 2 rings (SSSR count). The smallest absolute Gasteiger partial charge is 0.246 e. The summed E-state index contributed by atoms with van der Waals surface area (Å²) in [6.07, 6.45) is 1.33. The Morgan fingerprint density at radius 3 is 2.55 bits per heavy atom. The van der Waals surface area contributed by atoms with Crippen LogP contribution in [0, 0.1) is 6.92 Å². The number of halogens is 1. The molecule has 1 aromatic heterocycles. The minimum absolute atomic E-state index is 0.193. The van der Waals surface area contributed by atoms with Crippen LogP contribution in [-0.4, -0.2) is 35.3 Å². The quantitative estimate of drug-likeness (QED) is 0.831. The standard InChI is InChI=1S/C13H16ClN3O2S/c1-11-13(9-15-16-11)20(18,19)17(8-7-14)10-12-5-3-2-4-6-12/h2-6,9H,7-8,10H2,1H3,(H,15,16). The minimum atomic E-state index is -3.59. The first kappa shape index (κ1) is 15.0. The average molecular weight is 314 g/mol. The molecule has 5 nitrogen and oxygen atoms in total. The number of rotatable bonds is 6. The van der Waals surface area contributed by atoms with Crippen molar-refractivity contribution in [1.82, 2.24) is 14.5 Å². The van der Waals surface area contributed by atoms with Gasteiger partial charge in [-0.1, -0.05) is 30.3 Å². The summed E-state index contributed by atoms with van der Waals surface area (Å²) >= 11 is 5.74. The van der Waals surface area contributed by atoms with E-state index in [0.717, 1.165) is 5.56 Å². The Labute approximate surface area is 123 Å². The molecule has 0 fully saturated rings. The number of hydrogen-bond donors (Lipinski definition) is 1.